The normalized spacial score (nSPS) is 16.1. The van der Waals surface area contributed by atoms with Crippen molar-refractivity contribution in [3.63, 3.8) is 0 Å². The Kier molecular flexibility index (Phi) is 8.03. The zero-order valence-electron chi connectivity index (χ0n) is 19.5. The van der Waals surface area contributed by atoms with Gasteiger partial charge in [0.2, 0.25) is 0 Å². The van der Waals surface area contributed by atoms with E-state index in [-0.39, 0.29) is 22.5 Å². The number of ether oxygens (including phenoxy) is 2. The van der Waals surface area contributed by atoms with Crippen molar-refractivity contribution in [2.75, 3.05) is 13.7 Å². The summed E-state index contributed by atoms with van der Waals surface area (Å²) in [6.07, 6.45) is 1.68. The van der Waals surface area contributed by atoms with Crippen molar-refractivity contribution < 1.29 is 22.7 Å². The smallest absolute Gasteiger partial charge is 0.284 e. The van der Waals surface area contributed by atoms with Crippen LogP contribution in [0.25, 0.3) is 6.08 Å². The molecular weight excluding hydrogens is 520 g/mol. The number of halogens is 1. The van der Waals surface area contributed by atoms with Gasteiger partial charge in [-0.3, -0.25) is 9.69 Å². The lowest BCUT2D eigenvalue weighted by molar-refractivity contribution is -0.122. The minimum absolute atomic E-state index is 0.00300. The van der Waals surface area contributed by atoms with Crippen LogP contribution in [0.5, 0.6) is 11.5 Å². The van der Waals surface area contributed by atoms with Gasteiger partial charge in [-0.25, -0.2) is 0 Å². The van der Waals surface area contributed by atoms with Crippen molar-refractivity contribution in [3.05, 3.63) is 93.9 Å². The number of hydrogen-bond donors (Lipinski definition) is 0. The number of sulfonamides is 1. The quantitative estimate of drug-likeness (QED) is 0.344. The van der Waals surface area contributed by atoms with Crippen LogP contribution < -0.4 is 9.47 Å². The van der Waals surface area contributed by atoms with Crippen LogP contribution in [-0.2, 0) is 21.4 Å². The first-order valence-corrected chi connectivity index (χ1v) is 13.6. The van der Waals surface area contributed by atoms with Crippen LogP contribution >= 0.6 is 23.4 Å². The molecule has 36 heavy (non-hydrogen) atoms. The second-order valence-electron chi connectivity index (χ2n) is 7.65. The van der Waals surface area contributed by atoms with Gasteiger partial charge in [0.25, 0.3) is 15.9 Å². The molecule has 3 aromatic rings. The SMILES string of the molecule is CCN1C(=O)/C(=C/c2ccc(OCc3ccccc3)c(OC)c2)SC1=NS(=O)(=O)c1ccc(Cl)cc1. The molecule has 186 valence electrons. The first-order valence-electron chi connectivity index (χ1n) is 11.0. The fourth-order valence-electron chi connectivity index (χ4n) is 3.40. The van der Waals surface area contributed by atoms with Crippen molar-refractivity contribution in [2.45, 2.75) is 18.4 Å². The van der Waals surface area contributed by atoms with Crippen molar-refractivity contribution in [2.24, 2.45) is 4.40 Å². The highest BCUT2D eigenvalue weighted by molar-refractivity contribution is 8.19. The monoisotopic (exact) mass is 542 g/mol. The number of hydrogen-bond acceptors (Lipinski definition) is 6. The fraction of sp³-hybridized carbons (Fsp3) is 0.154. The molecule has 0 atom stereocenters. The lowest BCUT2D eigenvalue weighted by Crippen LogP contribution is -2.29. The average molecular weight is 543 g/mol. The number of methoxy groups -OCH3 is 1. The summed E-state index contributed by atoms with van der Waals surface area (Å²) >= 11 is 6.86. The van der Waals surface area contributed by atoms with E-state index in [2.05, 4.69) is 4.40 Å². The highest BCUT2D eigenvalue weighted by Gasteiger charge is 2.34. The van der Waals surface area contributed by atoms with Gasteiger partial charge < -0.3 is 9.47 Å². The molecule has 3 aromatic carbocycles. The Bertz CT molecular complexity index is 1420. The van der Waals surface area contributed by atoms with E-state index in [0.717, 1.165) is 17.3 Å². The van der Waals surface area contributed by atoms with Gasteiger partial charge in [0.1, 0.15) is 6.61 Å². The maximum atomic E-state index is 13.0. The summed E-state index contributed by atoms with van der Waals surface area (Å²) in [6, 6.07) is 20.8. The first-order chi connectivity index (χ1) is 17.3. The highest BCUT2D eigenvalue weighted by Crippen LogP contribution is 2.35. The van der Waals surface area contributed by atoms with Crippen molar-refractivity contribution in [3.8, 4) is 11.5 Å². The standard InChI is InChI=1S/C26H23ClN2O5S2/c1-3-29-25(30)24(35-26(29)28-36(31,32)21-12-10-20(27)11-13-21)16-19-9-14-22(23(15-19)33-2)34-17-18-7-5-4-6-8-18/h4-16H,3,17H2,1-2H3/b24-16-,28-26?. The molecule has 1 heterocycles. The lowest BCUT2D eigenvalue weighted by Gasteiger charge is -2.12. The number of amidine groups is 1. The number of carbonyl (C=O) groups excluding carboxylic acids is 1. The number of carbonyl (C=O) groups is 1. The molecule has 0 aromatic heterocycles. The maximum Gasteiger partial charge on any atom is 0.284 e. The predicted molar refractivity (Wildman–Crippen MR) is 143 cm³/mol. The van der Waals surface area contributed by atoms with E-state index in [9.17, 15) is 13.2 Å². The number of likely N-dealkylation sites (N-methyl/N-ethyl adjacent to an activating group) is 1. The molecule has 0 unspecified atom stereocenters. The summed E-state index contributed by atoms with van der Waals surface area (Å²) < 4.78 is 40.9. The maximum absolute atomic E-state index is 13.0. The molecule has 0 N–H and O–H groups in total. The van der Waals surface area contributed by atoms with Gasteiger partial charge in [-0.2, -0.15) is 8.42 Å². The van der Waals surface area contributed by atoms with Crippen LogP contribution in [-0.4, -0.2) is 38.0 Å². The van der Waals surface area contributed by atoms with E-state index in [1.807, 2.05) is 30.3 Å². The Balaban J connectivity index is 1.57. The number of thioether (sulfide) groups is 1. The van der Waals surface area contributed by atoms with E-state index in [1.54, 1.807) is 38.3 Å². The van der Waals surface area contributed by atoms with Crippen LogP contribution in [0, 0.1) is 0 Å². The summed E-state index contributed by atoms with van der Waals surface area (Å²) in [5.41, 5.74) is 1.73. The summed E-state index contributed by atoms with van der Waals surface area (Å²) in [6.45, 7) is 2.42. The van der Waals surface area contributed by atoms with Crippen LogP contribution in [0.15, 0.2) is 87.0 Å². The molecule has 1 amide bonds. The van der Waals surface area contributed by atoms with Gasteiger partial charge in [0.15, 0.2) is 16.7 Å². The minimum atomic E-state index is -4.02. The van der Waals surface area contributed by atoms with E-state index in [0.29, 0.717) is 33.6 Å². The largest absolute Gasteiger partial charge is 0.493 e. The fourth-order valence-corrected chi connectivity index (χ4v) is 5.77. The predicted octanol–water partition coefficient (Wildman–Crippen LogP) is 5.61. The van der Waals surface area contributed by atoms with Crippen LogP contribution in [0.1, 0.15) is 18.1 Å². The molecule has 1 aliphatic heterocycles. The third-order valence-corrected chi connectivity index (χ3v) is 7.89. The number of amides is 1. The molecule has 4 rings (SSSR count). The second kappa shape index (κ2) is 11.2. The van der Waals surface area contributed by atoms with Gasteiger partial charge in [-0.05, 0) is 72.3 Å². The Morgan fingerprint density at radius 2 is 1.75 bits per heavy atom. The molecule has 0 aliphatic carbocycles. The van der Waals surface area contributed by atoms with Gasteiger partial charge in [-0.15, -0.1) is 4.40 Å². The van der Waals surface area contributed by atoms with Crippen molar-refractivity contribution in [1.29, 1.82) is 0 Å². The third kappa shape index (κ3) is 5.92. The number of rotatable bonds is 8. The summed E-state index contributed by atoms with van der Waals surface area (Å²) in [4.78, 5) is 14.7. The van der Waals surface area contributed by atoms with Crippen molar-refractivity contribution >= 4 is 50.5 Å². The molecule has 0 saturated carbocycles. The Labute approximate surface area is 219 Å². The van der Waals surface area contributed by atoms with Gasteiger partial charge in [0.05, 0.1) is 16.9 Å². The van der Waals surface area contributed by atoms with Gasteiger partial charge in [-0.1, -0.05) is 48.0 Å². The highest BCUT2D eigenvalue weighted by atomic mass is 35.5. The number of benzene rings is 3. The number of nitrogens with zero attached hydrogens (tertiary/aromatic N) is 2. The summed E-state index contributed by atoms with van der Waals surface area (Å²) in [7, 11) is -2.47. The Hall–Kier alpha value is -3.27. The zero-order valence-corrected chi connectivity index (χ0v) is 21.9. The topological polar surface area (TPSA) is 85.3 Å². The lowest BCUT2D eigenvalue weighted by atomic mass is 10.1. The van der Waals surface area contributed by atoms with Crippen LogP contribution in [0.2, 0.25) is 5.02 Å². The average Bonchev–Trinajstić information content (AvgIpc) is 3.16. The molecule has 1 saturated heterocycles. The van der Waals surface area contributed by atoms with Gasteiger partial charge >= 0.3 is 0 Å². The van der Waals surface area contributed by atoms with E-state index in [1.165, 1.54) is 29.2 Å². The molecule has 10 heteroatoms. The van der Waals surface area contributed by atoms with Gasteiger partial charge in [0, 0.05) is 11.6 Å². The van der Waals surface area contributed by atoms with E-state index >= 15 is 0 Å². The third-order valence-electron chi connectivity index (χ3n) is 5.24. The molecule has 0 radical (unpaired) electrons. The second-order valence-corrected chi connectivity index (χ2v) is 10.7. The van der Waals surface area contributed by atoms with Crippen LogP contribution in [0.3, 0.4) is 0 Å². The van der Waals surface area contributed by atoms with Crippen LogP contribution in [0.4, 0.5) is 0 Å². The Morgan fingerprint density at radius 1 is 1.03 bits per heavy atom. The Morgan fingerprint density at radius 3 is 2.42 bits per heavy atom. The molecule has 7 nitrogen and oxygen atoms in total. The van der Waals surface area contributed by atoms with E-state index in [4.69, 9.17) is 21.1 Å². The molecule has 0 bridgehead atoms. The first kappa shape index (κ1) is 25.8. The summed E-state index contributed by atoms with van der Waals surface area (Å²) in [5.74, 6) is 0.763. The zero-order chi connectivity index (χ0) is 25.7. The molecular formula is C26H23ClN2O5S2. The minimum Gasteiger partial charge on any atom is -0.493 e. The molecule has 1 aliphatic rings. The van der Waals surface area contributed by atoms with E-state index < -0.39 is 10.0 Å². The molecule has 0 spiro atoms. The summed E-state index contributed by atoms with van der Waals surface area (Å²) in [5, 5.41) is 0.512. The van der Waals surface area contributed by atoms with Crippen molar-refractivity contribution in [1.82, 2.24) is 4.90 Å². The molecule has 1 fully saturated rings.